The molecular weight excluding hydrogens is 397 g/mol. The monoisotopic (exact) mass is 417 g/mol. The van der Waals surface area contributed by atoms with E-state index < -0.39 is 39.9 Å². The number of hydrogen-bond donors (Lipinski definition) is 0. The van der Waals surface area contributed by atoms with Crippen molar-refractivity contribution >= 4 is 22.0 Å². The summed E-state index contributed by atoms with van der Waals surface area (Å²) >= 11 is 0. The van der Waals surface area contributed by atoms with Crippen molar-refractivity contribution in [3.63, 3.8) is 0 Å². The Kier molecular flexibility index (Phi) is 4.87. The first-order chi connectivity index (χ1) is 13.8. The van der Waals surface area contributed by atoms with E-state index in [1.54, 1.807) is 6.92 Å². The fraction of sp³-hybridized carbons (Fsp3) is 0.300. The number of urea groups is 1. The molecular formula is C20H20FN3O4S. The van der Waals surface area contributed by atoms with E-state index in [2.05, 4.69) is 0 Å². The van der Waals surface area contributed by atoms with Crippen LogP contribution in [0.3, 0.4) is 0 Å². The van der Waals surface area contributed by atoms with Gasteiger partial charge in [-0.05, 0) is 36.8 Å². The number of amides is 3. The molecule has 2 atom stereocenters. The zero-order valence-corrected chi connectivity index (χ0v) is 16.5. The first-order valence-corrected chi connectivity index (χ1v) is 10.7. The van der Waals surface area contributed by atoms with Gasteiger partial charge in [0, 0.05) is 19.6 Å². The topological polar surface area (TPSA) is 78.0 Å². The molecule has 0 spiro atoms. The molecule has 2 aliphatic rings. The molecule has 2 aromatic rings. The molecule has 4 rings (SSSR count). The molecule has 0 aromatic heterocycles. The van der Waals surface area contributed by atoms with Crippen LogP contribution in [0, 0.1) is 5.82 Å². The number of hydrogen-bond acceptors (Lipinski definition) is 4. The van der Waals surface area contributed by atoms with Crippen LogP contribution >= 0.6 is 0 Å². The summed E-state index contributed by atoms with van der Waals surface area (Å²) in [6.07, 6.45) is 0. The number of rotatable bonds is 4. The second-order valence-corrected chi connectivity index (χ2v) is 9.04. The minimum absolute atomic E-state index is 0.0429. The van der Waals surface area contributed by atoms with Gasteiger partial charge in [-0.2, -0.15) is 4.31 Å². The highest BCUT2D eigenvalue weighted by atomic mass is 32.2. The molecule has 0 N–H and O–H groups in total. The first-order valence-electron chi connectivity index (χ1n) is 9.25. The fourth-order valence-corrected chi connectivity index (χ4v) is 5.24. The van der Waals surface area contributed by atoms with E-state index in [9.17, 15) is 22.4 Å². The number of imide groups is 1. The highest BCUT2D eigenvalue weighted by Gasteiger charge is 2.51. The van der Waals surface area contributed by atoms with Crippen LogP contribution in [-0.4, -0.2) is 60.1 Å². The van der Waals surface area contributed by atoms with E-state index in [0.717, 1.165) is 17.7 Å². The van der Waals surface area contributed by atoms with Crippen molar-refractivity contribution in [2.75, 3.05) is 19.6 Å². The zero-order valence-electron chi connectivity index (χ0n) is 15.7. The van der Waals surface area contributed by atoms with Crippen LogP contribution in [0.15, 0.2) is 59.5 Å². The van der Waals surface area contributed by atoms with Crippen LogP contribution in [0.5, 0.6) is 0 Å². The average Bonchev–Trinajstić information content (AvgIpc) is 2.98. The van der Waals surface area contributed by atoms with Crippen molar-refractivity contribution in [2.24, 2.45) is 0 Å². The van der Waals surface area contributed by atoms with Gasteiger partial charge in [0.2, 0.25) is 10.0 Å². The van der Waals surface area contributed by atoms with Gasteiger partial charge in [-0.3, -0.25) is 9.69 Å². The predicted octanol–water partition coefficient (Wildman–Crippen LogP) is 2.22. The number of nitrogens with zero attached hydrogens (tertiary/aromatic N) is 3. The first kappa shape index (κ1) is 19.5. The van der Waals surface area contributed by atoms with Crippen LogP contribution in [0.1, 0.15) is 18.5 Å². The fourth-order valence-electron chi connectivity index (χ4n) is 3.80. The Morgan fingerprint density at radius 1 is 1.00 bits per heavy atom. The molecule has 2 aromatic carbocycles. The molecule has 152 valence electrons. The van der Waals surface area contributed by atoms with Crippen LogP contribution in [0.25, 0.3) is 0 Å². The lowest BCUT2D eigenvalue weighted by molar-refractivity contribution is -0.130. The summed E-state index contributed by atoms with van der Waals surface area (Å²) in [5, 5.41) is 0. The minimum atomic E-state index is -3.89. The second-order valence-electron chi connectivity index (χ2n) is 7.10. The normalized spacial score (nSPS) is 21.4. The van der Waals surface area contributed by atoms with Crippen molar-refractivity contribution in [1.29, 1.82) is 0 Å². The lowest BCUT2D eigenvalue weighted by atomic mass is 10.1. The maximum absolute atomic E-state index is 13.1. The quantitative estimate of drug-likeness (QED) is 0.715. The van der Waals surface area contributed by atoms with Gasteiger partial charge in [0.1, 0.15) is 11.9 Å². The Bertz CT molecular complexity index is 1040. The third-order valence-corrected chi connectivity index (χ3v) is 7.32. The number of carbonyl (C=O) groups is 2. The van der Waals surface area contributed by atoms with Crippen LogP contribution in [-0.2, 0) is 14.8 Å². The molecule has 2 aliphatic heterocycles. The summed E-state index contributed by atoms with van der Waals surface area (Å²) in [5.41, 5.74) is 0.824. The average molecular weight is 417 g/mol. The van der Waals surface area contributed by atoms with E-state index in [1.165, 1.54) is 26.2 Å². The maximum atomic E-state index is 13.1. The number of halogens is 1. The van der Waals surface area contributed by atoms with Gasteiger partial charge in [0.05, 0.1) is 10.9 Å². The van der Waals surface area contributed by atoms with Gasteiger partial charge in [-0.1, -0.05) is 30.3 Å². The summed E-state index contributed by atoms with van der Waals surface area (Å²) in [6, 6.07) is 12.0. The summed E-state index contributed by atoms with van der Waals surface area (Å²) in [5.74, 6) is -0.943. The standard InChI is InChI=1S/C20H20FN3O4S/c1-14(15-5-3-2-4-6-15)24-19(25)18-13-22(11-12-23(18)20(24)26)29(27,28)17-9-7-16(21)8-10-17/h2-10,14,18H,11-13H2,1H3/t14-,18+/m0/s1. The Balaban J connectivity index is 1.57. The lowest BCUT2D eigenvalue weighted by Crippen LogP contribution is -2.54. The molecule has 0 aliphatic carbocycles. The summed E-state index contributed by atoms with van der Waals surface area (Å²) in [4.78, 5) is 28.4. The Hall–Kier alpha value is -2.78. The van der Waals surface area contributed by atoms with Gasteiger partial charge in [-0.25, -0.2) is 17.6 Å². The van der Waals surface area contributed by atoms with Crippen molar-refractivity contribution in [2.45, 2.75) is 23.9 Å². The Morgan fingerprint density at radius 3 is 2.31 bits per heavy atom. The number of carbonyl (C=O) groups excluding carboxylic acids is 2. The molecule has 7 nitrogen and oxygen atoms in total. The van der Waals surface area contributed by atoms with E-state index in [0.29, 0.717) is 0 Å². The van der Waals surface area contributed by atoms with E-state index in [-0.39, 0.29) is 24.5 Å². The third-order valence-electron chi connectivity index (χ3n) is 5.44. The molecule has 2 saturated heterocycles. The predicted molar refractivity (Wildman–Crippen MR) is 103 cm³/mol. The van der Waals surface area contributed by atoms with Crippen LogP contribution in [0.2, 0.25) is 0 Å². The largest absolute Gasteiger partial charge is 0.328 e. The van der Waals surface area contributed by atoms with Crippen LogP contribution < -0.4 is 0 Å². The molecule has 0 bridgehead atoms. The number of piperazine rings is 1. The number of fused-ring (bicyclic) bond motifs is 1. The molecule has 29 heavy (non-hydrogen) atoms. The summed E-state index contributed by atoms with van der Waals surface area (Å²) in [7, 11) is -3.89. The number of benzene rings is 2. The van der Waals surface area contributed by atoms with Crippen molar-refractivity contribution < 1.29 is 22.4 Å². The molecule has 0 unspecified atom stereocenters. The van der Waals surface area contributed by atoms with Gasteiger partial charge in [0.15, 0.2) is 0 Å². The SMILES string of the molecule is C[C@@H](c1ccccc1)N1C(=O)[C@H]2CN(S(=O)(=O)c3ccc(F)cc3)CCN2C1=O. The third kappa shape index (κ3) is 3.30. The van der Waals surface area contributed by atoms with Crippen molar-refractivity contribution in [1.82, 2.24) is 14.1 Å². The molecule has 2 fully saturated rings. The molecule has 2 heterocycles. The van der Waals surface area contributed by atoms with E-state index in [1.807, 2.05) is 30.3 Å². The molecule has 9 heteroatoms. The molecule has 3 amide bonds. The van der Waals surface area contributed by atoms with Gasteiger partial charge < -0.3 is 4.90 Å². The van der Waals surface area contributed by atoms with Crippen molar-refractivity contribution in [3.05, 3.63) is 66.0 Å². The van der Waals surface area contributed by atoms with E-state index >= 15 is 0 Å². The maximum Gasteiger partial charge on any atom is 0.328 e. The van der Waals surface area contributed by atoms with Crippen molar-refractivity contribution in [3.8, 4) is 0 Å². The number of sulfonamides is 1. The van der Waals surface area contributed by atoms with Gasteiger partial charge in [0.25, 0.3) is 5.91 Å². The summed E-state index contributed by atoms with van der Waals surface area (Å²) in [6.45, 7) is 1.84. The highest BCUT2D eigenvalue weighted by molar-refractivity contribution is 7.89. The van der Waals surface area contributed by atoms with Gasteiger partial charge in [-0.15, -0.1) is 0 Å². The second kappa shape index (κ2) is 7.23. The Morgan fingerprint density at radius 2 is 1.66 bits per heavy atom. The molecule has 0 radical (unpaired) electrons. The smallest absolute Gasteiger partial charge is 0.310 e. The Labute approximate surface area is 168 Å². The van der Waals surface area contributed by atoms with Gasteiger partial charge >= 0.3 is 6.03 Å². The lowest BCUT2D eigenvalue weighted by Gasteiger charge is -2.34. The zero-order chi connectivity index (χ0) is 20.8. The van der Waals surface area contributed by atoms with Crippen LogP contribution in [0.4, 0.5) is 9.18 Å². The molecule has 0 saturated carbocycles. The highest BCUT2D eigenvalue weighted by Crippen LogP contribution is 2.31. The summed E-state index contributed by atoms with van der Waals surface area (Å²) < 4.78 is 40.1. The van der Waals surface area contributed by atoms with E-state index in [4.69, 9.17) is 0 Å². The minimum Gasteiger partial charge on any atom is -0.310 e.